The number of amides is 1. The average molecular weight is 370 g/mol. The van der Waals surface area contributed by atoms with E-state index >= 15 is 0 Å². The Labute approximate surface area is 160 Å². The summed E-state index contributed by atoms with van der Waals surface area (Å²) < 4.78 is 0. The van der Waals surface area contributed by atoms with Gasteiger partial charge < -0.3 is 10.0 Å². The third-order valence-electron chi connectivity index (χ3n) is 5.41. The fourth-order valence-corrected chi connectivity index (χ4v) is 4.17. The van der Waals surface area contributed by atoms with Gasteiger partial charge in [0, 0.05) is 29.0 Å². The third-order valence-corrected chi connectivity index (χ3v) is 6.15. The van der Waals surface area contributed by atoms with E-state index in [0.717, 1.165) is 42.7 Å². The second kappa shape index (κ2) is 8.74. The molecule has 1 fully saturated rings. The van der Waals surface area contributed by atoms with Gasteiger partial charge in [-0.05, 0) is 61.8 Å². The molecule has 1 amide bonds. The summed E-state index contributed by atoms with van der Waals surface area (Å²) in [6, 6.07) is 18.2. The molecule has 1 heterocycles. The summed E-state index contributed by atoms with van der Waals surface area (Å²) in [4.78, 5) is 16.0. The van der Waals surface area contributed by atoms with Crippen LogP contribution in [-0.4, -0.2) is 41.9 Å². The number of hydrogen-bond acceptors (Lipinski definition) is 3. The first-order valence-electron chi connectivity index (χ1n) is 9.24. The van der Waals surface area contributed by atoms with Crippen molar-refractivity contribution in [2.45, 2.75) is 30.6 Å². The monoisotopic (exact) mass is 369 g/mol. The highest BCUT2D eigenvalue weighted by Crippen LogP contribution is 2.35. The second-order valence-corrected chi connectivity index (χ2v) is 8.08. The van der Waals surface area contributed by atoms with Crippen molar-refractivity contribution in [2.24, 2.45) is 5.41 Å². The zero-order valence-electron chi connectivity index (χ0n) is 15.4. The molecule has 3 nitrogen and oxygen atoms in total. The Morgan fingerprint density at radius 1 is 1.15 bits per heavy atom. The van der Waals surface area contributed by atoms with Crippen molar-refractivity contribution in [3.63, 3.8) is 0 Å². The van der Waals surface area contributed by atoms with E-state index in [2.05, 4.69) is 24.3 Å². The topological polar surface area (TPSA) is 40.5 Å². The van der Waals surface area contributed by atoms with E-state index in [0.29, 0.717) is 6.54 Å². The summed E-state index contributed by atoms with van der Waals surface area (Å²) in [5, 5.41) is 10.1. The number of carbonyl (C=O) groups excluding carboxylic acids is 1. The van der Waals surface area contributed by atoms with Crippen LogP contribution < -0.4 is 0 Å². The molecule has 0 aromatic heterocycles. The molecule has 26 heavy (non-hydrogen) atoms. The molecule has 0 unspecified atom stereocenters. The van der Waals surface area contributed by atoms with Crippen molar-refractivity contribution in [3.05, 3.63) is 65.7 Å². The molecule has 2 aromatic carbocycles. The number of hydrogen-bond donors (Lipinski definition) is 1. The molecule has 1 saturated heterocycles. The maximum Gasteiger partial charge on any atom is 0.253 e. The fraction of sp³-hybridized carbons (Fsp3) is 0.409. The molecule has 3 rings (SSSR count). The highest BCUT2D eigenvalue weighted by Gasteiger charge is 2.36. The van der Waals surface area contributed by atoms with Crippen LogP contribution in [0.5, 0.6) is 0 Å². The number of rotatable bonds is 6. The minimum absolute atomic E-state index is 0.0786. The van der Waals surface area contributed by atoms with Gasteiger partial charge in [-0.1, -0.05) is 30.3 Å². The number of aliphatic hydroxyl groups is 1. The van der Waals surface area contributed by atoms with Crippen LogP contribution in [0, 0.1) is 5.41 Å². The maximum atomic E-state index is 12.9. The van der Waals surface area contributed by atoms with Crippen LogP contribution in [0.4, 0.5) is 0 Å². The Balaban J connectivity index is 1.68. The number of aryl methyl sites for hydroxylation is 1. The summed E-state index contributed by atoms with van der Waals surface area (Å²) >= 11 is 1.67. The zero-order valence-corrected chi connectivity index (χ0v) is 16.2. The van der Waals surface area contributed by atoms with Crippen LogP contribution in [0.2, 0.25) is 0 Å². The third kappa shape index (κ3) is 4.49. The van der Waals surface area contributed by atoms with Crippen LogP contribution in [0.3, 0.4) is 0 Å². The maximum absolute atomic E-state index is 12.9. The van der Waals surface area contributed by atoms with E-state index in [1.54, 1.807) is 11.8 Å². The minimum atomic E-state index is -0.192. The molecule has 0 spiro atoms. The van der Waals surface area contributed by atoms with Gasteiger partial charge >= 0.3 is 0 Å². The van der Waals surface area contributed by atoms with E-state index < -0.39 is 0 Å². The van der Waals surface area contributed by atoms with Crippen LogP contribution in [0.15, 0.2) is 59.5 Å². The van der Waals surface area contributed by atoms with Crippen molar-refractivity contribution in [1.82, 2.24) is 4.90 Å². The molecule has 2 aromatic rings. The summed E-state index contributed by atoms with van der Waals surface area (Å²) in [5.41, 5.74) is 1.83. The van der Waals surface area contributed by atoms with Crippen molar-refractivity contribution in [3.8, 4) is 0 Å². The Morgan fingerprint density at radius 3 is 2.54 bits per heavy atom. The molecule has 1 N–H and O–H groups in total. The van der Waals surface area contributed by atoms with Gasteiger partial charge in [0.2, 0.25) is 0 Å². The van der Waals surface area contributed by atoms with E-state index in [1.165, 1.54) is 5.56 Å². The highest BCUT2D eigenvalue weighted by atomic mass is 32.2. The smallest absolute Gasteiger partial charge is 0.253 e. The number of carbonyl (C=O) groups is 1. The molecule has 0 saturated carbocycles. The Hall–Kier alpha value is -1.78. The van der Waals surface area contributed by atoms with Gasteiger partial charge in [-0.15, -0.1) is 11.8 Å². The van der Waals surface area contributed by atoms with Crippen molar-refractivity contribution in [1.29, 1.82) is 0 Å². The predicted octanol–water partition coefficient (Wildman–Crippen LogP) is 4.26. The summed E-state index contributed by atoms with van der Waals surface area (Å²) in [6.45, 7) is 1.55. The summed E-state index contributed by atoms with van der Waals surface area (Å²) in [5.74, 6) is 0.0786. The van der Waals surface area contributed by atoms with Crippen molar-refractivity contribution in [2.75, 3.05) is 26.0 Å². The van der Waals surface area contributed by atoms with Crippen LogP contribution in [0.1, 0.15) is 35.2 Å². The molecule has 1 aliphatic heterocycles. The molecular formula is C22H27NO2S. The molecule has 0 bridgehead atoms. The SMILES string of the molecule is CSc1ccc(C(=O)N2CCC[C@](CO)(CCc3ccccc3)C2)cc1. The first kappa shape index (κ1) is 19.0. The number of benzene rings is 2. The van der Waals surface area contributed by atoms with Crippen LogP contribution >= 0.6 is 11.8 Å². The normalized spacial score (nSPS) is 20.2. The quantitative estimate of drug-likeness (QED) is 0.774. The summed E-state index contributed by atoms with van der Waals surface area (Å²) in [6.07, 6.45) is 5.80. The lowest BCUT2D eigenvalue weighted by Crippen LogP contribution is -2.48. The van der Waals surface area contributed by atoms with E-state index in [-0.39, 0.29) is 17.9 Å². The Bertz CT molecular complexity index is 717. The highest BCUT2D eigenvalue weighted by molar-refractivity contribution is 7.98. The van der Waals surface area contributed by atoms with Gasteiger partial charge in [0.15, 0.2) is 0 Å². The molecule has 0 radical (unpaired) electrons. The molecule has 0 aliphatic carbocycles. The molecule has 1 atom stereocenters. The summed E-state index contributed by atoms with van der Waals surface area (Å²) in [7, 11) is 0. The van der Waals surface area contributed by atoms with Gasteiger partial charge in [0.05, 0.1) is 6.61 Å². The first-order valence-corrected chi connectivity index (χ1v) is 10.5. The van der Waals surface area contributed by atoms with Crippen molar-refractivity contribution < 1.29 is 9.90 Å². The van der Waals surface area contributed by atoms with Gasteiger partial charge in [0.1, 0.15) is 0 Å². The number of aliphatic hydroxyl groups excluding tert-OH is 1. The lowest BCUT2D eigenvalue weighted by Gasteiger charge is -2.42. The largest absolute Gasteiger partial charge is 0.396 e. The number of likely N-dealkylation sites (tertiary alicyclic amines) is 1. The second-order valence-electron chi connectivity index (χ2n) is 7.20. The van der Waals surface area contributed by atoms with E-state index in [1.807, 2.05) is 41.5 Å². The fourth-order valence-electron chi connectivity index (χ4n) is 3.76. The predicted molar refractivity (Wildman–Crippen MR) is 108 cm³/mol. The lowest BCUT2D eigenvalue weighted by atomic mass is 9.76. The van der Waals surface area contributed by atoms with Gasteiger partial charge in [0.25, 0.3) is 5.91 Å². The van der Waals surface area contributed by atoms with E-state index in [4.69, 9.17) is 0 Å². The zero-order chi connectivity index (χ0) is 18.4. The Kier molecular flexibility index (Phi) is 6.38. The number of thioether (sulfide) groups is 1. The molecular weight excluding hydrogens is 342 g/mol. The number of nitrogens with zero attached hydrogens (tertiary/aromatic N) is 1. The molecule has 4 heteroatoms. The van der Waals surface area contributed by atoms with Crippen molar-refractivity contribution >= 4 is 17.7 Å². The van der Waals surface area contributed by atoms with Gasteiger partial charge in [-0.3, -0.25) is 4.79 Å². The van der Waals surface area contributed by atoms with Gasteiger partial charge in [-0.25, -0.2) is 0 Å². The van der Waals surface area contributed by atoms with Crippen LogP contribution in [0.25, 0.3) is 0 Å². The standard InChI is InChI=1S/C22H27NO2S/c1-26-20-10-8-19(9-11-20)21(25)23-15-5-13-22(16-23,17-24)14-12-18-6-3-2-4-7-18/h2-4,6-11,24H,5,12-17H2,1H3/t22-/m0/s1. The van der Waals surface area contributed by atoms with Gasteiger partial charge in [-0.2, -0.15) is 0 Å². The lowest BCUT2D eigenvalue weighted by molar-refractivity contribution is 0.0228. The minimum Gasteiger partial charge on any atom is -0.396 e. The average Bonchev–Trinajstić information content (AvgIpc) is 2.73. The molecule has 138 valence electrons. The van der Waals surface area contributed by atoms with E-state index in [9.17, 15) is 9.90 Å². The number of piperidine rings is 1. The Morgan fingerprint density at radius 2 is 1.88 bits per heavy atom. The first-order chi connectivity index (χ1) is 12.7. The molecule has 1 aliphatic rings. The van der Waals surface area contributed by atoms with Crippen LogP contribution in [-0.2, 0) is 6.42 Å².